The summed E-state index contributed by atoms with van der Waals surface area (Å²) in [6.45, 7) is 5.82. The van der Waals surface area contributed by atoms with Gasteiger partial charge in [0.2, 0.25) is 5.91 Å². The molecule has 0 spiro atoms. The van der Waals surface area contributed by atoms with Crippen molar-refractivity contribution in [3.05, 3.63) is 100 Å². The van der Waals surface area contributed by atoms with E-state index >= 15 is 0 Å². The number of benzene rings is 3. The Balaban J connectivity index is 1.83. The summed E-state index contributed by atoms with van der Waals surface area (Å²) in [5.41, 5.74) is 5.16. The highest BCUT2D eigenvalue weighted by Crippen LogP contribution is 2.33. The minimum Gasteiger partial charge on any atom is -0.300 e. The van der Waals surface area contributed by atoms with Crippen LogP contribution in [-0.4, -0.2) is 24.4 Å². The zero-order valence-electron chi connectivity index (χ0n) is 18.4. The summed E-state index contributed by atoms with van der Waals surface area (Å²) in [6, 6.07) is 22.0. The van der Waals surface area contributed by atoms with E-state index in [0.717, 1.165) is 28.0 Å². The molecule has 162 valence electrons. The molecule has 0 unspecified atom stereocenters. The molecule has 4 nitrogen and oxygen atoms in total. The summed E-state index contributed by atoms with van der Waals surface area (Å²) in [6.07, 6.45) is 1.97. The molecule has 0 N–H and O–H groups in total. The van der Waals surface area contributed by atoms with Crippen LogP contribution >= 0.6 is 11.6 Å². The molecular weight excluding hydrogens is 420 g/mol. The zero-order valence-corrected chi connectivity index (χ0v) is 19.1. The van der Waals surface area contributed by atoms with Crippen LogP contribution in [0.25, 0.3) is 6.08 Å². The Morgan fingerprint density at radius 2 is 1.53 bits per heavy atom. The molecule has 1 saturated heterocycles. The number of aryl methyl sites for hydroxylation is 2. The first-order valence-electron chi connectivity index (χ1n) is 10.6. The van der Waals surface area contributed by atoms with E-state index in [9.17, 15) is 9.59 Å². The molecule has 1 atom stereocenters. The summed E-state index contributed by atoms with van der Waals surface area (Å²) in [5, 5.41) is 0.579. The van der Waals surface area contributed by atoms with Gasteiger partial charge in [0.25, 0.3) is 5.91 Å². The van der Waals surface area contributed by atoms with Gasteiger partial charge >= 0.3 is 0 Å². The van der Waals surface area contributed by atoms with Crippen LogP contribution in [-0.2, 0) is 9.59 Å². The number of nitrogens with zero attached hydrogens (tertiary/aromatic N) is 2. The molecule has 1 heterocycles. The van der Waals surface area contributed by atoms with Crippen molar-refractivity contribution >= 4 is 40.9 Å². The second-order valence-electron chi connectivity index (χ2n) is 8.11. The predicted molar refractivity (Wildman–Crippen MR) is 131 cm³/mol. The van der Waals surface area contributed by atoms with Gasteiger partial charge in [0.05, 0.1) is 5.69 Å². The number of carbonyl (C=O) groups excluding carboxylic acids is 2. The first-order valence-corrected chi connectivity index (χ1v) is 10.9. The van der Waals surface area contributed by atoms with Crippen molar-refractivity contribution in [1.29, 1.82) is 0 Å². The summed E-state index contributed by atoms with van der Waals surface area (Å²) in [7, 11) is 0. The molecule has 1 fully saturated rings. The molecule has 2 amide bonds. The molecule has 0 aromatic heterocycles. The van der Waals surface area contributed by atoms with Crippen molar-refractivity contribution in [2.75, 3.05) is 16.3 Å². The first kappa shape index (κ1) is 21.8. The number of anilines is 2. The van der Waals surface area contributed by atoms with E-state index in [2.05, 4.69) is 0 Å². The Labute approximate surface area is 193 Å². The van der Waals surface area contributed by atoms with Crippen molar-refractivity contribution in [1.82, 2.24) is 0 Å². The van der Waals surface area contributed by atoms with E-state index in [-0.39, 0.29) is 18.4 Å². The molecule has 5 heteroatoms. The molecule has 1 aliphatic heterocycles. The van der Waals surface area contributed by atoms with E-state index < -0.39 is 6.04 Å². The lowest BCUT2D eigenvalue weighted by molar-refractivity contribution is -0.127. The maximum absolute atomic E-state index is 13.9. The van der Waals surface area contributed by atoms with E-state index in [1.165, 1.54) is 0 Å². The summed E-state index contributed by atoms with van der Waals surface area (Å²) in [4.78, 5) is 30.6. The number of hydrogen-bond donors (Lipinski definition) is 0. The SMILES string of the molecule is C/C(=C/c1ccccc1)[C@@H]1C(=O)N(c2c(C)cccc2C)CC(=O)N1c1ccc(Cl)cc1. The van der Waals surface area contributed by atoms with Crippen LogP contribution < -0.4 is 9.80 Å². The van der Waals surface area contributed by atoms with Gasteiger partial charge in [0.15, 0.2) is 0 Å². The van der Waals surface area contributed by atoms with Gasteiger partial charge in [0.1, 0.15) is 12.6 Å². The van der Waals surface area contributed by atoms with Crippen molar-refractivity contribution in [3.63, 3.8) is 0 Å². The van der Waals surface area contributed by atoms with E-state index in [1.54, 1.807) is 34.1 Å². The number of hydrogen-bond acceptors (Lipinski definition) is 2. The van der Waals surface area contributed by atoms with Gasteiger partial charge in [-0.3, -0.25) is 14.5 Å². The van der Waals surface area contributed by atoms with Crippen LogP contribution in [0.3, 0.4) is 0 Å². The molecule has 0 bridgehead atoms. The molecule has 0 radical (unpaired) electrons. The third-order valence-corrected chi connectivity index (χ3v) is 6.01. The number of amides is 2. The summed E-state index contributed by atoms with van der Waals surface area (Å²) in [5.74, 6) is -0.262. The van der Waals surface area contributed by atoms with E-state index in [1.807, 2.05) is 75.4 Å². The number of para-hydroxylation sites is 1. The Bertz CT molecular complexity index is 1170. The van der Waals surface area contributed by atoms with Crippen LogP contribution in [0.5, 0.6) is 0 Å². The minimum atomic E-state index is -0.753. The largest absolute Gasteiger partial charge is 0.300 e. The van der Waals surface area contributed by atoms with Gasteiger partial charge in [-0.25, -0.2) is 0 Å². The molecular formula is C27H25ClN2O2. The molecule has 3 aromatic rings. The molecule has 0 aliphatic carbocycles. The second-order valence-corrected chi connectivity index (χ2v) is 8.54. The summed E-state index contributed by atoms with van der Waals surface area (Å²) >= 11 is 6.07. The highest BCUT2D eigenvalue weighted by molar-refractivity contribution is 6.30. The Kier molecular flexibility index (Phi) is 6.15. The zero-order chi connectivity index (χ0) is 22.8. The smallest absolute Gasteiger partial charge is 0.254 e. The van der Waals surface area contributed by atoms with Crippen LogP contribution in [0.2, 0.25) is 5.02 Å². The molecule has 4 rings (SSSR count). The van der Waals surface area contributed by atoms with Crippen molar-refractivity contribution in [3.8, 4) is 0 Å². The van der Waals surface area contributed by atoms with E-state index in [0.29, 0.717) is 10.7 Å². The average molecular weight is 445 g/mol. The third kappa shape index (κ3) is 4.19. The molecule has 0 saturated carbocycles. The topological polar surface area (TPSA) is 40.6 Å². The Morgan fingerprint density at radius 1 is 0.906 bits per heavy atom. The van der Waals surface area contributed by atoms with Gasteiger partial charge in [-0.15, -0.1) is 0 Å². The maximum atomic E-state index is 13.9. The van der Waals surface area contributed by atoms with Gasteiger partial charge in [0, 0.05) is 10.7 Å². The second kappa shape index (κ2) is 9.01. The third-order valence-electron chi connectivity index (χ3n) is 5.76. The lowest BCUT2D eigenvalue weighted by atomic mass is 9.97. The number of halogens is 1. The first-order chi connectivity index (χ1) is 15.4. The highest BCUT2D eigenvalue weighted by atomic mass is 35.5. The normalized spacial score (nSPS) is 17.1. The quantitative estimate of drug-likeness (QED) is 0.509. The van der Waals surface area contributed by atoms with Crippen LogP contribution in [0.4, 0.5) is 11.4 Å². The minimum absolute atomic E-state index is 0.0116. The van der Waals surface area contributed by atoms with Crippen molar-refractivity contribution in [2.45, 2.75) is 26.8 Å². The fourth-order valence-corrected chi connectivity index (χ4v) is 4.42. The van der Waals surface area contributed by atoms with Gasteiger partial charge < -0.3 is 4.90 Å². The average Bonchev–Trinajstić information content (AvgIpc) is 2.77. The number of carbonyl (C=O) groups is 2. The fourth-order valence-electron chi connectivity index (χ4n) is 4.30. The number of rotatable bonds is 4. The maximum Gasteiger partial charge on any atom is 0.254 e. The molecule has 3 aromatic carbocycles. The van der Waals surface area contributed by atoms with Gasteiger partial charge in [-0.1, -0.05) is 66.2 Å². The van der Waals surface area contributed by atoms with Crippen molar-refractivity contribution < 1.29 is 9.59 Å². The summed E-state index contributed by atoms with van der Waals surface area (Å²) < 4.78 is 0. The van der Waals surface area contributed by atoms with E-state index in [4.69, 9.17) is 11.6 Å². The Hall–Kier alpha value is -3.37. The highest BCUT2D eigenvalue weighted by Gasteiger charge is 2.42. The predicted octanol–water partition coefficient (Wildman–Crippen LogP) is 5.81. The van der Waals surface area contributed by atoms with Gasteiger partial charge in [-0.05, 0) is 67.3 Å². The molecule has 32 heavy (non-hydrogen) atoms. The lowest BCUT2D eigenvalue weighted by Gasteiger charge is -2.41. The van der Waals surface area contributed by atoms with Crippen LogP contribution in [0.15, 0.2) is 78.4 Å². The van der Waals surface area contributed by atoms with Gasteiger partial charge in [-0.2, -0.15) is 0 Å². The van der Waals surface area contributed by atoms with Crippen molar-refractivity contribution in [2.24, 2.45) is 0 Å². The fraction of sp³-hybridized carbons (Fsp3) is 0.185. The van der Waals surface area contributed by atoms with Crippen LogP contribution in [0.1, 0.15) is 23.6 Å². The monoisotopic (exact) mass is 444 g/mol. The Morgan fingerprint density at radius 3 is 2.16 bits per heavy atom. The lowest BCUT2D eigenvalue weighted by Crippen LogP contribution is -2.61. The standard InChI is InChI=1S/C27H25ClN2O2/c1-18-8-7-9-19(2)25(18)29-17-24(31)30(23-14-12-22(28)13-15-23)26(27(29)32)20(3)16-21-10-5-4-6-11-21/h4-16,26H,17H2,1-3H3/b20-16-/t26-/m1/s1. The number of piperazine rings is 1. The van der Waals surface area contributed by atoms with Crippen LogP contribution in [0, 0.1) is 13.8 Å². The molecule has 1 aliphatic rings.